The quantitative estimate of drug-likeness (QED) is 0.232. The minimum Gasteiger partial charge on any atom is -0.338 e. The van der Waals surface area contributed by atoms with Crippen LogP contribution >= 0.6 is 0 Å². The molecule has 1 aliphatic heterocycles. The van der Waals surface area contributed by atoms with Gasteiger partial charge >= 0.3 is 0 Å². The van der Waals surface area contributed by atoms with E-state index in [1.807, 2.05) is 9.80 Å². The van der Waals surface area contributed by atoms with E-state index < -0.39 is 10.8 Å². The second kappa shape index (κ2) is 9.48. The average molecular weight is 671 g/mol. The van der Waals surface area contributed by atoms with Gasteiger partial charge in [-0.15, -0.1) is 0 Å². The summed E-state index contributed by atoms with van der Waals surface area (Å²) in [6.07, 6.45) is 3.36. The fourth-order valence-corrected chi connectivity index (χ4v) is 11.3. The van der Waals surface area contributed by atoms with Gasteiger partial charge in [0.1, 0.15) is 0 Å². The first-order valence-corrected chi connectivity index (χ1v) is 18.6. The first-order chi connectivity index (χ1) is 23.4. The summed E-state index contributed by atoms with van der Waals surface area (Å²) in [5.74, 6) is 0.298. The number of aromatic nitrogens is 4. The molecule has 4 aromatic rings. The number of hydrogen-bond acceptors (Lipinski definition) is 6. The first-order valence-electron chi connectivity index (χ1n) is 18.6. The van der Waals surface area contributed by atoms with Crippen LogP contribution in [0.3, 0.4) is 0 Å². The number of benzene rings is 2. The van der Waals surface area contributed by atoms with Crippen LogP contribution in [0.15, 0.2) is 24.3 Å². The zero-order valence-corrected chi connectivity index (χ0v) is 31.5. The van der Waals surface area contributed by atoms with E-state index in [1.165, 1.54) is 22.3 Å². The minimum absolute atomic E-state index is 0.149. The molecule has 2 amide bonds. The van der Waals surface area contributed by atoms with Crippen molar-refractivity contribution < 1.29 is 9.59 Å². The Kier molecular flexibility index (Phi) is 6.07. The number of carbonyl (C=O) groups excluding carboxylic acids is 2. The van der Waals surface area contributed by atoms with Gasteiger partial charge in [0, 0.05) is 37.0 Å². The summed E-state index contributed by atoms with van der Waals surface area (Å²) in [4.78, 5) is 55.2. The van der Waals surface area contributed by atoms with Crippen LogP contribution < -0.4 is 0 Å². The number of amides is 2. The lowest BCUT2D eigenvalue weighted by Crippen LogP contribution is -2.61. The van der Waals surface area contributed by atoms with Gasteiger partial charge in [-0.2, -0.15) is 0 Å². The summed E-state index contributed by atoms with van der Waals surface area (Å²) < 4.78 is 0. The van der Waals surface area contributed by atoms with E-state index in [1.54, 1.807) is 0 Å². The summed E-state index contributed by atoms with van der Waals surface area (Å²) in [5, 5.41) is 0. The molecule has 8 nitrogen and oxygen atoms in total. The minimum atomic E-state index is -0.741. The van der Waals surface area contributed by atoms with E-state index in [4.69, 9.17) is 19.9 Å². The zero-order valence-electron chi connectivity index (χ0n) is 31.5. The highest BCUT2D eigenvalue weighted by molar-refractivity contribution is 5.95. The molecule has 8 heteroatoms. The van der Waals surface area contributed by atoms with Crippen molar-refractivity contribution in [2.45, 2.75) is 117 Å². The monoisotopic (exact) mass is 670 g/mol. The van der Waals surface area contributed by atoms with Crippen molar-refractivity contribution in [3.63, 3.8) is 0 Å². The van der Waals surface area contributed by atoms with Gasteiger partial charge < -0.3 is 9.80 Å². The second-order valence-corrected chi connectivity index (χ2v) is 18.0. The topological polar surface area (TPSA) is 92.2 Å². The lowest BCUT2D eigenvalue weighted by Gasteiger charge is -2.46. The maximum atomic E-state index is 15.0. The first kappa shape index (κ1) is 32.0. The maximum Gasteiger partial charge on any atom is 0.235 e. The van der Waals surface area contributed by atoms with Crippen LogP contribution in [0.5, 0.6) is 0 Å². The van der Waals surface area contributed by atoms with Crippen molar-refractivity contribution in [3.05, 3.63) is 69.3 Å². The van der Waals surface area contributed by atoms with Gasteiger partial charge in [0.2, 0.25) is 11.8 Å². The van der Waals surface area contributed by atoms with Gasteiger partial charge in [-0.3, -0.25) is 9.59 Å². The largest absolute Gasteiger partial charge is 0.338 e. The summed E-state index contributed by atoms with van der Waals surface area (Å²) in [5.41, 5.74) is 9.40. The predicted octanol–water partition coefficient (Wildman–Crippen LogP) is 6.84. The fourth-order valence-electron chi connectivity index (χ4n) is 11.3. The van der Waals surface area contributed by atoms with E-state index in [0.29, 0.717) is 26.2 Å². The highest BCUT2D eigenvalue weighted by atomic mass is 16.2. The molecule has 4 bridgehead atoms. The summed E-state index contributed by atoms with van der Waals surface area (Å²) in [6, 6.07) is 8.51. The molecule has 3 heterocycles. The van der Waals surface area contributed by atoms with E-state index >= 15 is 9.59 Å². The van der Waals surface area contributed by atoms with Crippen molar-refractivity contribution in [1.29, 1.82) is 0 Å². The van der Waals surface area contributed by atoms with Crippen LogP contribution in [0.25, 0.3) is 22.1 Å². The smallest absolute Gasteiger partial charge is 0.235 e. The van der Waals surface area contributed by atoms with Crippen molar-refractivity contribution in [1.82, 2.24) is 29.7 Å². The Balaban J connectivity index is 1.04. The number of carbonyl (C=O) groups is 2. The molecule has 4 atom stereocenters. The van der Waals surface area contributed by atoms with Crippen molar-refractivity contribution >= 4 is 33.9 Å². The number of hydrogen-bond donors (Lipinski definition) is 0. The number of fused-ring (bicyclic) bond motifs is 12. The Bertz CT molecular complexity index is 2080. The molecule has 3 fully saturated rings. The second-order valence-electron chi connectivity index (χ2n) is 18.0. The van der Waals surface area contributed by atoms with Gasteiger partial charge in [-0.1, -0.05) is 41.5 Å². The molecule has 0 radical (unpaired) electrons. The maximum absolute atomic E-state index is 15.0. The molecule has 0 spiro atoms. The molecule has 5 aliphatic rings. The van der Waals surface area contributed by atoms with Crippen LogP contribution in [0.2, 0.25) is 0 Å². The third-order valence-corrected chi connectivity index (χ3v) is 15.9. The van der Waals surface area contributed by atoms with Crippen LogP contribution in [-0.2, 0) is 31.2 Å². The Hall–Kier alpha value is -3.94. The molecule has 50 heavy (non-hydrogen) atoms. The van der Waals surface area contributed by atoms with Crippen molar-refractivity contribution in [2.24, 2.45) is 10.8 Å². The van der Waals surface area contributed by atoms with Gasteiger partial charge in [-0.25, -0.2) is 19.9 Å². The molecule has 2 aromatic carbocycles. The van der Waals surface area contributed by atoms with Gasteiger partial charge in [-0.05, 0) is 111 Å². The SMILES string of the molecule is Cc1cc2nc3c(nc2cc1C)C1(C(=O)N2CCN(C(=O)C45CCC(C)(c6nc7cc(C)c(C)cc7nc64)C5(C)C)CC2)CCC3(C)C1(C)C. The Morgan fingerprint density at radius 2 is 0.760 bits per heavy atom. The fraction of sp³-hybridized carbons (Fsp3) is 0.571. The summed E-state index contributed by atoms with van der Waals surface area (Å²) in [6.45, 7) is 24.1. The van der Waals surface area contributed by atoms with E-state index in [2.05, 4.69) is 93.5 Å². The highest BCUT2D eigenvalue weighted by Crippen LogP contribution is 2.72. The normalized spacial score (nSPS) is 31.5. The van der Waals surface area contributed by atoms with Crippen LogP contribution in [0.4, 0.5) is 0 Å². The lowest BCUT2D eigenvalue weighted by molar-refractivity contribution is -0.150. The number of rotatable bonds is 2. The molecule has 4 unspecified atom stereocenters. The molecule has 2 aromatic heterocycles. The molecule has 4 aliphatic carbocycles. The molecule has 2 saturated carbocycles. The van der Waals surface area contributed by atoms with Crippen molar-refractivity contribution in [2.75, 3.05) is 26.2 Å². The number of nitrogens with zero attached hydrogens (tertiary/aromatic N) is 6. The van der Waals surface area contributed by atoms with E-state index in [0.717, 1.165) is 70.5 Å². The number of aryl methyl sites for hydroxylation is 4. The third kappa shape index (κ3) is 3.35. The van der Waals surface area contributed by atoms with Crippen molar-refractivity contribution in [3.8, 4) is 0 Å². The molecule has 0 N–H and O–H groups in total. The van der Waals surface area contributed by atoms with Gasteiger partial charge in [0.05, 0.1) is 55.7 Å². The molecule has 260 valence electrons. The van der Waals surface area contributed by atoms with E-state index in [-0.39, 0.29) is 33.5 Å². The molecule has 1 saturated heterocycles. The predicted molar refractivity (Wildman–Crippen MR) is 195 cm³/mol. The highest BCUT2D eigenvalue weighted by Gasteiger charge is 2.75. The van der Waals surface area contributed by atoms with E-state index in [9.17, 15) is 0 Å². The third-order valence-electron chi connectivity index (χ3n) is 15.9. The Morgan fingerprint density at radius 3 is 1.06 bits per heavy atom. The lowest BCUT2D eigenvalue weighted by atomic mass is 9.63. The van der Waals surface area contributed by atoms with Crippen LogP contribution in [-0.4, -0.2) is 67.7 Å². The number of piperazine rings is 1. The summed E-state index contributed by atoms with van der Waals surface area (Å²) in [7, 11) is 0. The van der Waals surface area contributed by atoms with Crippen LogP contribution in [0.1, 0.15) is 112 Å². The van der Waals surface area contributed by atoms with Gasteiger partial charge in [0.15, 0.2) is 0 Å². The average Bonchev–Trinajstić information content (AvgIpc) is 3.54. The Labute approximate surface area is 295 Å². The standard InChI is InChI=1S/C42H50N6O2/c1-23-19-27-29(21-25(23)3)45-33-31(43-27)39(9)11-13-41(33,37(39,5)6)35(49)47-15-17-48(18-16-47)36(50)42-14-12-40(10,38(42,7)8)32-34(42)46-30-22-26(4)24(2)20-28(30)44-32/h19-22H,11-18H2,1-10H3. The summed E-state index contributed by atoms with van der Waals surface area (Å²) >= 11 is 0. The van der Waals surface area contributed by atoms with Gasteiger partial charge in [0.25, 0.3) is 0 Å². The molecular weight excluding hydrogens is 621 g/mol. The molecule has 9 rings (SSSR count). The Morgan fingerprint density at radius 1 is 0.480 bits per heavy atom. The molecular formula is C42H50N6O2. The zero-order chi connectivity index (χ0) is 35.6. The van der Waals surface area contributed by atoms with Crippen LogP contribution in [0, 0.1) is 38.5 Å².